The maximum Gasteiger partial charge on any atom is 0.191 e. The second kappa shape index (κ2) is 10.6. The Labute approximate surface area is 146 Å². The van der Waals surface area contributed by atoms with E-state index in [0.717, 1.165) is 31.6 Å². The van der Waals surface area contributed by atoms with Crippen molar-refractivity contribution in [2.24, 2.45) is 10.9 Å². The second-order valence-electron chi connectivity index (χ2n) is 6.21. The predicted molar refractivity (Wildman–Crippen MR) is 99.5 cm³/mol. The SMILES string of the molecule is CCNC(=NCCOC1CCCCCC1)NC1CC1C.I. The number of rotatable bonds is 6. The van der Waals surface area contributed by atoms with Crippen LogP contribution in [0.4, 0.5) is 0 Å². The molecule has 2 rings (SSSR count). The van der Waals surface area contributed by atoms with Gasteiger partial charge in [-0.2, -0.15) is 0 Å². The highest BCUT2D eigenvalue weighted by atomic mass is 127. The first-order valence-corrected chi connectivity index (χ1v) is 8.46. The Bertz CT molecular complexity index is 304. The third kappa shape index (κ3) is 7.68. The maximum atomic E-state index is 5.97. The molecule has 0 aromatic carbocycles. The van der Waals surface area contributed by atoms with Gasteiger partial charge in [0.05, 0.1) is 19.3 Å². The summed E-state index contributed by atoms with van der Waals surface area (Å²) in [6, 6.07) is 0.621. The number of nitrogens with zero attached hydrogens (tertiary/aromatic N) is 1. The zero-order valence-electron chi connectivity index (χ0n) is 13.6. The Kier molecular flexibility index (Phi) is 9.64. The van der Waals surface area contributed by atoms with Gasteiger partial charge < -0.3 is 15.4 Å². The number of hydrogen-bond donors (Lipinski definition) is 2. The lowest BCUT2D eigenvalue weighted by Gasteiger charge is -2.15. The molecular weight excluding hydrogens is 377 g/mol. The topological polar surface area (TPSA) is 45.7 Å². The van der Waals surface area contributed by atoms with Gasteiger partial charge in [0.2, 0.25) is 0 Å². The van der Waals surface area contributed by atoms with E-state index in [1.165, 1.54) is 44.9 Å². The molecule has 0 spiro atoms. The molecule has 2 unspecified atom stereocenters. The second-order valence-corrected chi connectivity index (χ2v) is 6.21. The minimum absolute atomic E-state index is 0. The molecule has 2 atom stereocenters. The van der Waals surface area contributed by atoms with Gasteiger partial charge in [0.15, 0.2) is 5.96 Å². The summed E-state index contributed by atoms with van der Waals surface area (Å²) in [5.41, 5.74) is 0. The largest absolute Gasteiger partial charge is 0.376 e. The number of guanidine groups is 1. The van der Waals surface area contributed by atoms with E-state index in [1.807, 2.05) is 0 Å². The lowest BCUT2D eigenvalue weighted by molar-refractivity contribution is 0.0487. The Morgan fingerprint density at radius 1 is 1.19 bits per heavy atom. The third-order valence-corrected chi connectivity index (χ3v) is 4.29. The molecule has 0 heterocycles. The number of nitrogens with one attached hydrogen (secondary N) is 2. The molecule has 0 bridgehead atoms. The summed E-state index contributed by atoms with van der Waals surface area (Å²) in [4.78, 5) is 4.61. The molecule has 0 saturated heterocycles. The Balaban J connectivity index is 0.00000220. The van der Waals surface area contributed by atoms with Crippen LogP contribution in [0.5, 0.6) is 0 Å². The molecule has 124 valence electrons. The van der Waals surface area contributed by atoms with Crippen molar-refractivity contribution in [2.75, 3.05) is 19.7 Å². The molecule has 4 nitrogen and oxygen atoms in total. The van der Waals surface area contributed by atoms with Gasteiger partial charge in [-0.3, -0.25) is 4.99 Å². The van der Waals surface area contributed by atoms with Crippen molar-refractivity contribution < 1.29 is 4.74 Å². The number of hydrogen-bond acceptors (Lipinski definition) is 2. The molecule has 0 aromatic rings. The molecule has 2 saturated carbocycles. The van der Waals surface area contributed by atoms with Crippen molar-refractivity contribution in [3.63, 3.8) is 0 Å². The first-order valence-electron chi connectivity index (χ1n) is 8.46. The van der Waals surface area contributed by atoms with Crippen LogP contribution in [0, 0.1) is 5.92 Å². The van der Waals surface area contributed by atoms with Crippen LogP contribution in [0.25, 0.3) is 0 Å². The van der Waals surface area contributed by atoms with Crippen molar-refractivity contribution in [3.05, 3.63) is 0 Å². The minimum atomic E-state index is 0. The van der Waals surface area contributed by atoms with Crippen LogP contribution in [0.1, 0.15) is 58.8 Å². The van der Waals surface area contributed by atoms with E-state index >= 15 is 0 Å². The standard InChI is InChI=1S/C16H31N3O.HI/c1-3-17-16(19-15-12-13(15)2)18-10-11-20-14-8-6-4-5-7-9-14;/h13-15H,3-12H2,1-2H3,(H2,17,18,19);1H. The van der Waals surface area contributed by atoms with Gasteiger partial charge in [-0.1, -0.05) is 32.6 Å². The molecule has 21 heavy (non-hydrogen) atoms. The third-order valence-electron chi connectivity index (χ3n) is 4.29. The van der Waals surface area contributed by atoms with E-state index in [1.54, 1.807) is 0 Å². The van der Waals surface area contributed by atoms with Crippen LogP contribution in [0.15, 0.2) is 4.99 Å². The van der Waals surface area contributed by atoms with Gasteiger partial charge in [0.1, 0.15) is 0 Å². The summed E-state index contributed by atoms with van der Waals surface area (Å²) in [5.74, 6) is 1.74. The van der Waals surface area contributed by atoms with Crippen LogP contribution < -0.4 is 10.6 Å². The molecule has 0 radical (unpaired) electrons. The van der Waals surface area contributed by atoms with Crippen molar-refractivity contribution in [2.45, 2.75) is 70.9 Å². The summed E-state index contributed by atoms with van der Waals surface area (Å²) in [6.45, 7) is 6.80. The van der Waals surface area contributed by atoms with Crippen molar-refractivity contribution >= 4 is 29.9 Å². The zero-order chi connectivity index (χ0) is 14.2. The maximum absolute atomic E-state index is 5.97. The van der Waals surface area contributed by atoms with Gasteiger partial charge in [-0.15, -0.1) is 24.0 Å². The van der Waals surface area contributed by atoms with E-state index in [0.29, 0.717) is 12.1 Å². The monoisotopic (exact) mass is 409 g/mol. The fourth-order valence-electron chi connectivity index (χ4n) is 2.80. The minimum Gasteiger partial charge on any atom is -0.376 e. The highest BCUT2D eigenvalue weighted by molar-refractivity contribution is 14.0. The summed E-state index contributed by atoms with van der Waals surface area (Å²) in [5, 5.41) is 6.78. The smallest absolute Gasteiger partial charge is 0.191 e. The predicted octanol–water partition coefficient (Wildman–Crippen LogP) is 3.31. The van der Waals surface area contributed by atoms with Gasteiger partial charge >= 0.3 is 0 Å². The number of ether oxygens (including phenoxy) is 1. The van der Waals surface area contributed by atoms with Crippen LogP contribution in [-0.2, 0) is 4.74 Å². The highest BCUT2D eigenvalue weighted by Gasteiger charge is 2.33. The van der Waals surface area contributed by atoms with Gasteiger partial charge in [-0.05, 0) is 32.1 Å². The Morgan fingerprint density at radius 3 is 2.43 bits per heavy atom. The fourth-order valence-corrected chi connectivity index (χ4v) is 2.80. The van der Waals surface area contributed by atoms with Crippen molar-refractivity contribution in [1.82, 2.24) is 10.6 Å². The van der Waals surface area contributed by atoms with E-state index in [4.69, 9.17) is 4.74 Å². The van der Waals surface area contributed by atoms with E-state index < -0.39 is 0 Å². The molecule has 0 amide bonds. The molecule has 2 fully saturated rings. The van der Waals surface area contributed by atoms with Crippen LogP contribution in [-0.4, -0.2) is 37.8 Å². The molecule has 2 N–H and O–H groups in total. The first kappa shape index (κ1) is 19.0. The van der Waals surface area contributed by atoms with Crippen molar-refractivity contribution in [1.29, 1.82) is 0 Å². The summed E-state index contributed by atoms with van der Waals surface area (Å²) < 4.78 is 5.97. The van der Waals surface area contributed by atoms with Crippen LogP contribution in [0.2, 0.25) is 0 Å². The summed E-state index contributed by atoms with van der Waals surface area (Å²) in [7, 11) is 0. The molecule has 0 aromatic heterocycles. The van der Waals surface area contributed by atoms with E-state index in [9.17, 15) is 0 Å². The van der Waals surface area contributed by atoms with Gasteiger partial charge in [-0.25, -0.2) is 0 Å². The molecule has 5 heteroatoms. The van der Waals surface area contributed by atoms with Crippen molar-refractivity contribution in [3.8, 4) is 0 Å². The molecule has 2 aliphatic carbocycles. The first-order chi connectivity index (χ1) is 9.79. The fraction of sp³-hybridized carbons (Fsp3) is 0.938. The quantitative estimate of drug-likeness (QED) is 0.233. The van der Waals surface area contributed by atoms with E-state index in [-0.39, 0.29) is 24.0 Å². The Morgan fingerprint density at radius 2 is 1.86 bits per heavy atom. The molecule has 0 aliphatic heterocycles. The lowest BCUT2D eigenvalue weighted by Crippen LogP contribution is -2.39. The Hall–Kier alpha value is -0.0400. The average Bonchev–Trinajstić information content (AvgIpc) is 3.18. The zero-order valence-corrected chi connectivity index (χ0v) is 15.9. The molecular formula is C16H32IN3O. The van der Waals surface area contributed by atoms with Gasteiger partial charge in [0.25, 0.3) is 0 Å². The van der Waals surface area contributed by atoms with E-state index in [2.05, 4.69) is 29.5 Å². The van der Waals surface area contributed by atoms with Gasteiger partial charge in [0, 0.05) is 12.6 Å². The highest BCUT2D eigenvalue weighted by Crippen LogP contribution is 2.28. The normalized spacial score (nSPS) is 26.7. The summed E-state index contributed by atoms with van der Waals surface area (Å²) in [6.07, 6.45) is 9.64. The van der Waals surface area contributed by atoms with Crippen LogP contribution in [0.3, 0.4) is 0 Å². The number of aliphatic imine (C=N–C) groups is 1. The average molecular weight is 409 g/mol. The lowest BCUT2D eigenvalue weighted by atomic mass is 10.1. The summed E-state index contributed by atoms with van der Waals surface area (Å²) >= 11 is 0. The van der Waals surface area contributed by atoms with Crippen LogP contribution >= 0.6 is 24.0 Å². The number of halogens is 1. The molecule has 2 aliphatic rings.